The van der Waals surface area contributed by atoms with Crippen molar-refractivity contribution >= 4 is 0 Å². The third kappa shape index (κ3) is 5.29. The predicted octanol–water partition coefficient (Wildman–Crippen LogP) is 2.54. The molecule has 1 aromatic heterocycles. The molecule has 1 aromatic rings. The molecule has 1 aliphatic heterocycles. The zero-order valence-electron chi connectivity index (χ0n) is 12.3. The van der Waals surface area contributed by atoms with Crippen molar-refractivity contribution in [2.24, 2.45) is 11.8 Å². The summed E-state index contributed by atoms with van der Waals surface area (Å²) in [5.74, 6) is 1.62. The first-order valence-electron chi connectivity index (χ1n) is 7.56. The van der Waals surface area contributed by atoms with Crippen LogP contribution in [0.25, 0.3) is 0 Å². The second-order valence-corrected chi connectivity index (χ2v) is 6.13. The van der Waals surface area contributed by atoms with Crippen molar-refractivity contribution in [1.29, 1.82) is 0 Å². The summed E-state index contributed by atoms with van der Waals surface area (Å²) < 4.78 is 0. The summed E-state index contributed by atoms with van der Waals surface area (Å²) in [5.41, 5.74) is 1.33. The standard InChI is InChI=1S/C16H27N3/c1-14(2)10-18-11-15-5-8-19(9-6-15)13-16-4-3-7-17-12-16/h3-4,7,12,14-15,18H,5-6,8-11,13H2,1-2H3. The molecule has 0 atom stereocenters. The molecule has 3 nitrogen and oxygen atoms in total. The molecule has 0 radical (unpaired) electrons. The quantitative estimate of drug-likeness (QED) is 0.853. The molecule has 1 aliphatic rings. The molecule has 1 N–H and O–H groups in total. The molecule has 3 heteroatoms. The molecule has 2 heterocycles. The molecule has 0 aliphatic carbocycles. The molecular formula is C16H27N3. The van der Waals surface area contributed by atoms with E-state index in [1.807, 2.05) is 18.5 Å². The van der Waals surface area contributed by atoms with Crippen LogP contribution in [0.4, 0.5) is 0 Å². The third-order valence-electron chi connectivity index (χ3n) is 3.82. The fourth-order valence-corrected chi connectivity index (χ4v) is 2.67. The highest BCUT2D eigenvalue weighted by Crippen LogP contribution is 2.18. The number of likely N-dealkylation sites (tertiary alicyclic amines) is 1. The third-order valence-corrected chi connectivity index (χ3v) is 3.82. The lowest BCUT2D eigenvalue weighted by Gasteiger charge is -2.32. The SMILES string of the molecule is CC(C)CNCC1CCN(Cc2cccnc2)CC1. The first-order chi connectivity index (χ1) is 9.24. The normalized spacial score (nSPS) is 18.1. The molecule has 0 saturated carbocycles. The van der Waals surface area contributed by atoms with Crippen LogP contribution in [-0.4, -0.2) is 36.1 Å². The van der Waals surface area contributed by atoms with Crippen molar-refractivity contribution < 1.29 is 0 Å². The summed E-state index contributed by atoms with van der Waals surface area (Å²) >= 11 is 0. The van der Waals surface area contributed by atoms with Gasteiger partial charge in [-0.05, 0) is 62.5 Å². The average Bonchev–Trinajstić information content (AvgIpc) is 2.42. The van der Waals surface area contributed by atoms with E-state index in [1.165, 1.54) is 38.0 Å². The lowest BCUT2D eigenvalue weighted by atomic mass is 9.96. The second-order valence-electron chi connectivity index (χ2n) is 6.13. The Kier molecular flexibility index (Phi) is 5.80. The fourth-order valence-electron chi connectivity index (χ4n) is 2.67. The number of piperidine rings is 1. The summed E-state index contributed by atoms with van der Waals surface area (Å²) in [4.78, 5) is 6.74. The van der Waals surface area contributed by atoms with Crippen LogP contribution in [0.5, 0.6) is 0 Å². The molecular weight excluding hydrogens is 234 g/mol. The van der Waals surface area contributed by atoms with E-state index in [4.69, 9.17) is 0 Å². The molecule has 1 fully saturated rings. The van der Waals surface area contributed by atoms with Gasteiger partial charge in [-0.1, -0.05) is 19.9 Å². The maximum Gasteiger partial charge on any atom is 0.0312 e. The average molecular weight is 261 g/mol. The van der Waals surface area contributed by atoms with Crippen LogP contribution in [-0.2, 0) is 6.54 Å². The van der Waals surface area contributed by atoms with Crippen LogP contribution in [0.15, 0.2) is 24.5 Å². The van der Waals surface area contributed by atoms with E-state index in [9.17, 15) is 0 Å². The molecule has 2 rings (SSSR count). The second kappa shape index (κ2) is 7.61. The van der Waals surface area contributed by atoms with Gasteiger partial charge in [-0.3, -0.25) is 9.88 Å². The lowest BCUT2D eigenvalue weighted by molar-refractivity contribution is 0.175. The Morgan fingerprint density at radius 3 is 2.79 bits per heavy atom. The minimum Gasteiger partial charge on any atom is -0.316 e. The van der Waals surface area contributed by atoms with Crippen molar-refractivity contribution in [3.8, 4) is 0 Å². The van der Waals surface area contributed by atoms with Gasteiger partial charge in [0.05, 0.1) is 0 Å². The summed E-state index contributed by atoms with van der Waals surface area (Å²) in [6, 6.07) is 4.20. The minimum atomic E-state index is 0.755. The summed E-state index contributed by atoms with van der Waals surface area (Å²) in [6.45, 7) is 10.4. The van der Waals surface area contributed by atoms with Crippen LogP contribution in [0, 0.1) is 11.8 Å². The van der Waals surface area contributed by atoms with Gasteiger partial charge in [0.2, 0.25) is 0 Å². The monoisotopic (exact) mass is 261 g/mol. The Morgan fingerprint density at radius 2 is 2.16 bits per heavy atom. The van der Waals surface area contributed by atoms with Gasteiger partial charge in [0.15, 0.2) is 0 Å². The minimum absolute atomic E-state index is 0.755. The number of aromatic nitrogens is 1. The number of nitrogens with zero attached hydrogens (tertiary/aromatic N) is 2. The maximum absolute atomic E-state index is 4.19. The van der Waals surface area contributed by atoms with Crippen molar-refractivity contribution in [1.82, 2.24) is 15.2 Å². The Hall–Kier alpha value is -0.930. The Labute approximate surface area is 117 Å². The van der Waals surface area contributed by atoms with E-state index in [1.54, 1.807) is 0 Å². The molecule has 0 aromatic carbocycles. The van der Waals surface area contributed by atoms with E-state index in [-0.39, 0.29) is 0 Å². The van der Waals surface area contributed by atoms with Crippen LogP contribution in [0.3, 0.4) is 0 Å². The first-order valence-corrected chi connectivity index (χ1v) is 7.56. The topological polar surface area (TPSA) is 28.2 Å². The number of pyridine rings is 1. The van der Waals surface area contributed by atoms with Gasteiger partial charge in [-0.15, -0.1) is 0 Å². The number of nitrogens with one attached hydrogen (secondary N) is 1. The van der Waals surface area contributed by atoms with Crippen LogP contribution >= 0.6 is 0 Å². The molecule has 0 spiro atoms. The molecule has 106 valence electrons. The molecule has 0 amide bonds. The molecule has 0 bridgehead atoms. The Balaban J connectivity index is 1.65. The van der Waals surface area contributed by atoms with Gasteiger partial charge in [0.1, 0.15) is 0 Å². The zero-order chi connectivity index (χ0) is 13.5. The predicted molar refractivity (Wildman–Crippen MR) is 79.9 cm³/mol. The van der Waals surface area contributed by atoms with E-state index in [0.717, 1.165) is 24.9 Å². The summed E-state index contributed by atoms with van der Waals surface area (Å²) in [7, 11) is 0. The van der Waals surface area contributed by atoms with Gasteiger partial charge in [0, 0.05) is 18.9 Å². The van der Waals surface area contributed by atoms with E-state index in [0.29, 0.717) is 0 Å². The van der Waals surface area contributed by atoms with Crippen molar-refractivity contribution in [3.63, 3.8) is 0 Å². The van der Waals surface area contributed by atoms with E-state index < -0.39 is 0 Å². The lowest BCUT2D eigenvalue weighted by Crippen LogP contribution is -2.37. The Bertz CT molecular complexity index is 342. The highest BCUT2D eigenvalue weighted by Gasteiger charge is 2.18. The summed E-state index contributed by atoms with van der Waals surface area (Å²) in [6.07, 6.45) is 6.48. The molecule has 0 unspecified atom stereocenters. The van der Waals surface area contributed by atoms with Gasteiger partial charge < -0.3 is 5.32 Å². The zero-order valence-corrected chi connectivity index (χ0v) is 12.3. The fraction of sp³-hybridized carbons (Fsp3) is 0.688. The van der Waals surface area contributed by atoms with Gasteiger partial charge >= 0.3 is 0 Å². The van der Waals surface area contributed by atoms with Crippen LogP contribution < -0.4 is 5.32 Å². The number of hydrogen-bond donors (Lipinski definition) is 1. The molecule has 19 heavy (non-hydrogen) atoms. The van der Waals surface area contributed by atoms with E-state index in [2.05, 4.69) is 35.1 Å². The van der Waals surface area contributed by atoms with Crippen molar-refractivity contribution in [3.05, 3.63) is 30.1 Å². The van der Waals surface area contributed by atoms with Crippen molar-refractivity contribution in [2.45, 2.75) is 33.2 Å². The van der Waals surface area contributed by atoms with E-state index >= 15 is 0 Å². The smallest absolute Gasteiger partial charge is 0.0312 e. The van der Waals surface area contributed by atoms with Crippen molar-refractivity contribution in [2.75, 3.05) is 26.2 Å². The summed E-state index contributed by atoms with van der Waals surface area (Å²) in [5, 5.41) is 3.59. The maximum atomic E-state index is 4.19. The Morgan fingerprint density at radius 1 is 1.37 bits per heavy atom. The molecule has 1 saturated heterocycles. The van der Waals surface area contributed by atoms with Gasteiger partial charge in [0.25, 0.3) is 0 Å². The number of rotatable bonds is 6. The highest BCUT2D eigenvalue weighted by atomic mass is 15.1. The van der Waals surface area contributed by atoms with Gasteiger partial charge in [-0.2, -0.15) is 0 Å². The van der Waals surface area contributed by atoms with Crippen LogP contribution in [0.1, 0.15) is 32.3 Å². The van der Waals surface area contributed by atoms with Crippen LogP contribution in [0.2, 0.25) is 0 Å². The van der Waals surface area contributed by atoms with Gasteiger partial charge in [-0.25, -0.2) is 0 Å². The highest BCUT2D eigenvalue weighted by molar-refractivity contribution is 5.08. The first kappa shape index (κ1) is 14.5. The number of hydrogen-bond acceptors (Lipinski definition) is 3. The largest absolute Gasteiger partial charge is 0.316 e.